The minimum Gasteiger partial charge on any atom is -0.497 e. The van der Waals surface area contributed by atoms with Crippen LogP contribution in [0.3, 0.4) is 0 Å². The zero-order valence-corrected chi connectivity index (χ0v) is 20.0. The summed E-state index contributed by atoms with van der Waals surface area (Å²) < 4.78 is 11.0. The monoisotopic (exact) mass is 476 g/mol. The van der Waals surface area contributed by atoms with E-state index in [4.69, 9.17) is 9.47 Å². The van der Waals surface area contributed by atoms with Crippen LogP contribution in [-0.4, -0.2) is 67.3 Å². The summed E-state index contributed by atoms with van der Waals surface area (Å²) in [6.07, 6.45) is 3.53. The van der Waals surface area contributed by atoms with Crippen molar-refractivity contribution in [1.29, 1.82) is 0 Å². The van der Waals surface area contributed by atoms with Gasteiger partial charge in [-0.15, -0.1) is 0 Å². The molecule has 2 aromatic carbocycles. The lowest BCUT2D eigenvalue weighted by molar-refractivity contribution is 0.107. The molecule has 1 aliphatic heterocycles. The molecule has 184 valence electrons. The van der Waals surface area contributed by atoms with E-state index in [1.54, 1.807) is 19.5 Å². The van der Waals surface area contributed by atoms with Crippen molar-refractivity contribution in [1.82, 2.24) is 20.2 Å². The van der Waals surface area contributed by atoms with E-state index in [1.807, 2.05) is 54.6 Å². The van der Waals surface area contributed by atoms with Crippen molar-refractivity contribution in [3.05, 3.63) is 78.1 Å². The Hall–Kier alpha value is -3.69. The Kier molecular flexibility index (Phi) is 8.85. The van der Waals surface area contributed by atoms with Gasteiger partial charge < -0.3 is 25.0 Å². The number of nitrogens with zero attached hydrogens (tertiary/aromatic N) is 4. The molecule has 0 radical (unpaired) electrons. The average Bonchev–Trinajstić information content (AvgIpc) is 2.90. The Morgan fingerprint density at radius 2 is 1.69 bits per heavy atom. The summed E-state index contributed by atoms with van der Waals surface area (Å²) in [4.78, 5) is 25.5. The molecule has 1 fully saturated rings. The fourth-order valence-electron chi connectivity index (χ4n) is 3.88. The molecule has 1 aliphatic rings. The number of carbonyl (C=O) groups is 1. The van der Waals surface area contributed by atoms with Crippen LogP contribution >= 0.6 is 0 Å². The van der Waals surface area contributed by atoms with Crippen LogP contribution in [0.15, 0.2) is 67.0 Å². The van der Waals surface area contributed by atoms with Gasteiger partial charge in [-0.05, 0) is 41.5 Å². The van der Waals surface area contributed by atoms with Crippen LogP contribution in [0.1, 0.15) is 11.1 Å². The maximum atomic E-state index is 12.3. The number of piperazine rings is 1. The summed E-state index contributed by atoms with van der Waals surface area (Å²) in [5.74, 6) is 1.60. The molecule has 0 spiro atoms. The van der Waals surface area contributed by atoms with Crippen LogP contribution in [-0.2, 0) is 18.0 Å². The van der Waals surface area contributed by atoms with E-state index in [-0.39, 0.29) is 6.03 Å². The number of hydrogen-bond donors (Lipinski definition) is 2. The number of anilines is 2. The van der Waals surface area contributed by atoms with E-state index in [2.05, 4.69) is 30.4 Å². The lowest BCUT2D eigenvalue weighted by Crippen LogP contribution is -2.49. The van der Waals surface area contributed by atoms with Gasteiger partial charge in [0.05, 0.1) is 20.3 Å². The van der Waals surface area contributed by atoms with Gasteiger partial charge in [0.1, 0.15) is 5.75 Å². The molecule has 2 N–H and O–H groups in total. The summed E-state index contributed by atoms with van der Waals surface area (Å²) in [6.45, 7) is 5.94. The number of rotatable bonds is 10. The molecule has 2 amide bonds. The predicted octanol–water partition coefficient (Wildman–Crippen LogP) is 3.15. The Morgan fingerprint density at radius 3 is 2.43 bits per heavy atom. The van der Waals surface area contributed by atoms with Crippen LogP contribution < -0.4 is 20.3 Å². The Morgan fingerprint density at radius 1 is 0.943 bits per heavy atom. The minimum absolute atomic E-state index is 0.211. The lowest BCUT2D eigenvalue weighted by Gasteiger charge is -2.34. The van der Waals surface area contributed by atoms with Crippen LogP contribution in [0.5, 0.6) is 5.75 Å². The third-order valence-electron chi connectivity index (χ3n) is 5.80. The van der Waals surface area contributed by atoms with Gasteiger partial charge in [-0.1, -0.05) is 24.3 Å². The zero-order valence-electron chi connectivity index (χ0n) is 20.0. The second kappa shape index (κ2) is 12.7. The molecule has 9 nitrogen and oxygen atoms in total. The molecule has 9 heteroatoms. The van der Waals surface area contributed by atoms with Gasteiger partial charge in [-0.2, -0.15) is 0 Å². The summed E-state index contributed by atoms with van der Waals surface area (Å²) in [5, 5.41) is 5.85. The number of benzene rings is 2. The number of amides is 2. The van der Waals surface area contributed by atoms with Crippen LogP contribution in [0, 0.1) is 0 Å². The highest BCUT2D eigenvalue weighted by atomic mass is 16.5. The summed E-state index contributed by atoms with van der Waals surface area (Å²) in [7, 11) is 1.65. The van der Waals surface area contributed by atoms with Gasteiger partial charge in [0.25, 0.3) is 0 Å². The van der Waals surface area contributed by atoms with Crippen molar-refractivity contribution in [2.45, 2.75) is 13.2 Å². The predicted molar refractivity (Wildman–Crippen MR) is 136 cm³/mol. The number of hydrogen-bond acceptors (Lipinski definition) is 7. The number of ether oxygens (including phenoxy) is 2. The van der Waals surface area contributed by atoms with Gasteiger partial charge in [0.15, 0.2) is 0 Å². The molecule has 0 unspecified atom stereocenters. The topological polar surface area (TPSA) is 91.9 Å². The quantitative estimate of drug-likeness (QED) is 0.464. The molecule has 1 saturated heterocycles. The molecule has 0 bridgehead atoms. The SMILES string of the molecule is COc1ccc(COCc2cccc(NC(=O)NCCN3CCN(c4ncccn4)CC3)c2)cc1. The molecule has 1 aromatic heterocycles. The number of aromatic nitrogens is 2. The molecule has 2 heterocycles. The van der Waals surface area contributed by atoms with E-state index in [0.717, 1.165) is 61.2 Å². The first-order valence-electron chi connectivity index (χ1n) is 11.8. The third kappa shape index (κ3) is 7.66. The summed E-state index contributed by atoms with van der Waals surface area (Å²) >= 11 is 0. The molecule has 35 heavy (non-hydrogen) atoms. The number of carbonyl (C=O) groups excluding carboxylic acids is 1. The van der Waals surface area contributed by atoms with Crippen molar-refractivity contribution >= 4 is 17.7 Å². The van der Waals surface area contributed by atoms with Gasteiger partial charge >= 0.3 is 6.03 Å². The van der Waals surface area contributed by atoms with E-state index in [9.17, 15) is 4.79 Å². The maximum Gasteiger partial charge on any atom is 0.319 e. The van der Waals surface area contributed by atoms with Crippen molar-refractivity contribution < 1.29 is 14.3 Å². The van der Waals surface area contributed by atoms with E-state index < -0.39 is 0 Å². The molecular formula is C26H32N6O3. The fourth-order valence-corrected chi connectivity index (χ4v) is 3.88. The number of methoxy groups -OCH3 is 1. The van der Waals surface area contributed by atoms with Gasteiger partial charge in [0, 0.05) is 57.3 Å². The standard InChI is InChI=1S/C26H32N6O3/c1-34-24-8-6-21(7-9-24)19-35-20-22-4-2-5-23(18-22)30-26(33)29-12-13-31-14-16-32(17-15-31)25-27-10-3-11-28-25/h2-11,18H,12-17,19-20H2,1H3,(H2,29,30,33). The highest BCUT2D eigenvalue weighted by molar-refractivity contribution is 5.89. The lowest BCUT2D eigenvalue weighted by atomic mass is 10.2. The first kappa shape index (κ1) is 24.4. The van der Waals surface area contributed by atoms with Crippen molar-refractivity contribution in [2.75, 3.05) is 56.6 Å². The van der Waals surface area contributed by atoms with Crippen LogP contribution in [0.2, 0.25) is 0 Å². The van der Waals surface area contributed by atoms with E-state index >= 15 is 0 Å². The first-order valence-corrected chi connectivity index (χ1v) is 11.8. The Bertz CT molecular complexity index is 1060. The molecule has 0 saturated carbocycles. The molecule has 0 aliphatic carbocycles. The van der Waals surface area contributed by atoms with Crippen molar-refractivity contribution in [3.63, 3.8) is 0 Å². The Balaban J connectivity index is 1.13. The second-order valence-electron chi connectivity index (χ2n) is 8.30. The summed E-state index contributed by atoms with van der Waals surface area (Å²) in [5.41, 5.74) is 2.82. The molecule has 3 aromatic rings. The van der Waals surface area contributed by atoms with E-state index in [0.29, 0.717) is 19.8 Å². The molecule has 4 rings (SSSR count). The average molecular weight is 477 g/mol. The fraction of sp³-hybridized carbons (Fsp3) is 0.346. The highest BCUT2D eigenvalue weighted by Crippen LogP contribution is 2.15. The first-order chi connectivity index (χ1) is 17.2. The molecular weight excluding hydrogens is 444 g/mol. The minimum atomic E-state index is -0.211. The van der Waals surface area contributed by atoms with Gasteiger partial charge in [-0.25, -0.2) is 14.8 Å². The largest absolute Gasteiger partial charge is 0.497 e. The van der Waals surface area contributed by atoms with Gasteiger partial charge in [0.2, 0.25) is 5.95 Å². The van der Waals surface area contributed by atoms with Crippen LogP contribution in [0.4, 0.5) is 16.4 Å². The summed E-state index contributed by atoms with van der Waals surface area (Å²) in [6, 6.07) is 17.1. The Labute approximate surface area is 206 Å². The second-order valence-corrected chi connectivity index (χ2v) is 8.30. The smallest absolute Gasteiger partial charge is 0.319 e. The van der Waals surface area contributed by atoms with Crippen molar-refractivity contribution in [2.24, 2.45) is 0 Å². The van der Waals surface area contributed by atoms with E-state index in [1.165, 1.54) is 0 Å². The van der Waals surface area contributed by atoms with Crippen molar-refractivity contribution in [3.8, 4) is 5.75 Å². The normalized spacial score (nSPS) is 13.9. The highest BCUT2D eigenvalue weighted by Gasteiger charge is 2.18. The number of nitrogens with one attached hydrogen (secondary N) is 2. The zero-order chi connectivity index (χ0) is 24.3. The molecule has 0 atom stereocenters. The van der Waals surface area contributed by atoms with Gasteiger partial charge in [-0.3, -0.25) is 4.90 Å². The van der Waals surface area contributed by atoms with Crippen LogP contribution in [0.25, 0.3) is 0 Å². The third-order valence-corrected chi connectivity index (χ3v) is 5.80. The number of urea groups is 1. The maximum absolute atomic E-state index is 12.3.